The van der Waals surface area contributed by atoms with Crippen LogP contribution in [0.1, 0.15) is 37.0 Å². The molecule has 1 fully saturated rings. The molecule has 1 saturated carbocycles. The smallest absolute Gasteiger partial charge is 0.311 e. The van der Waals surface area contributed by atoms with Crippen molar-refractivity contribution in [1.29, 1.82) is 0 Å². The number of hydrogen-bond acceptors (Lipinski definition) is 4. The molecule has 8 heteroatoms. The first kappa shape index (κ1) is 18.4. The molecule has 0 radical (unpaired) electrons. The number of sulfonamides is 1. The number of aliphatic carboxylic acids is 1. The molecule has 1 aromatic rings. The lowest BCUT2D eigenvalue weighted by Gasteiger charge is -2.18. The van der Waals surface area contributed by atoms with Crippen LogP contribution in [0.25, 0.3) is 0 Å². The van der Waals surface area contributed by atoms with Crippen molar-refractivity contribution < 1.29 is 23.1 Å². The Hall–Kier alpha value is -1.93. The van der Waals surface area contributed by atoms with Crippen molar-refractivity contribution in [2.75, 3.05) is 19.6 Å². The molecule has 0 heterocycles. The van der Waals surface area contributed by atoms with Gasteiger partial charge in [-0.05, 0) is 31.0 Å². The third-order valence-electron chi connectivity index (χ3n) is 4.33. The SMILES string of the molecule is CCN(CC)S(=O)(=O)c1cccc(C(=O)NCC2(C(=O)O)CC2)c1. The molecule has 0 spiro atoms. The van der Waals surface area contributed by atoms with E-state index in [0.29, 0.717) is 25.9 Å². The van der Waals surface area contributed by atoms with Crippen molar-refractivity contribution in [2.24, 2.45) is 5.41 Å². The number of carbonyl (C=O) groups is 2. The first-order valence-electron chi connectivity index (χ1n) is 7.88. The van der Waals surface area contributed by atoms with Gasteiger partial charge in [0, 0.05) is 25.2 Å². The summed E-state index contributed by atoms with van der Waals surface area (Å²) in [6.45, 7) is 4.23. The van der Waals surface area contributed by atoms with Crippen molar-refractivity contribution in [3.05, 3.63) is 29.8 Å². The van der Waals surface area contributed by atoms with E-state index in [1.165, 1.54) is 28.6 Å². The van der Waals surface area contributed by atoms with E-state index < -0.39 is 27.3 Å². The minimum absolute atomic E-state index is 0.0498. The van der Waals surface area contributed by atoms with E-state index >= 15 is 0 Å². The summed E-state index contributed by atoms with van der Waals surface area (Å²) in [5.41, 5.74) is -0.662. The van der Waals surface area contributed by atoms with Gasteiger partial charge < -0.3 is 10.4 Å². The summed E-state index contributed by atoms with van der Waals surface area (Å²) in [4.78, 5) is 23.4. The molecule has 7 nitrogen and oxygen atoms in total. The highest BCUT2D eigenvalue weighted by atomic mass is 32.2. The molecule has 1 aromatic carbocycles. The van der Waals surface area contributed by atoms with Crippen LogP contribution in [-0.2, 0) is 14.8 Å². The number of carboxylic acid groups (broad SMARTS) is 1. The average Bonchev–Trinajstić information content (AvgIpc) is 3.35. The van der Waals surface area contributed by atoms with Crippen LogP contribution in [-0.4, -0.2) is 49.3 Å². The molecule has 132 valence electrons. The predicted molar refractivity (Wildman–Crippen MR) is 88.2 cm³/mol. The summed E-state index contributed by atoms with van der Waals surface area (Å²) in [5.74, 6) is -1.39. The van der Waals surface area contributed by atoms with Gasteiger partial charge in [0.05, 0.1) is 10.3 Å². The van der Waals surface area contributed by atoms with Crippen LogP contribution in [0, 0.1) is 5.41 Å². The Morgan fingerprint density at radius 1 is 1.25 bits per heavy atom. The van der Waals surface area contributed by atoms with Crippen molar-refractivity contribution >= 4 is 21.9 Å². The van der Waals surface area contributed by atoms with E-state index in [9.17, 15) is 18.0 Å². The minimum atomic E-state index is -3.64. The van der Waals surface area contributed by atoms with Gasteiger partial charge in [0.25, 0.3) is 5.91 Å². The van der Waals surface area contributed by atoms with Crippen molar-refractivity contribution in [3.63, 3.8) is 0 Å². The molecular formula is C16H22N2O5S. The fourth-order valence-electron chi connectivity index (χ4n) is 2.48. The summed E-state index contributed by atoms with van der Waals surface area (Å²) >= 11 is 0. The van der Waals surface area contributed by atoms with Crippen molar-refractivity contribution in [1.82, 2.24) is 9.62 Å². The highest BCUT2D eigenvalue weighted by molar-refractivity contribution is 7.89. The second kappa shape index (κ2) is 6.90. The van der Waals surface area contributed by atoms with Crippen LogP contribution in [0.15, 0.2) is 29.2 Å². The molecular weight excluding hydrogens is 332 g/mol. The highest BCUT2D eigenvalue weighted by Crippen LogP contribution is 2.45. The maximum atomic E-state index is 12.5. The molecule has 2 N–H and O–H groups in total. The van der Waals surface area contributed by atoms with Crippen molar-refractivity contribution in [3.8, 4) is 0 Å². The molecule has 24 heavy (non-hydrogen) atoms. The number of hydrogen-bond donors (Lipinski definition) is 2. The predicted octanol–water partition coefficient (Wildman–Crippen LogP) is 1.31. The van der Waals surface area contributed by atoms with Crippen LogP contribution >= 0.6 is 0 Å². The van der Waals surface area contributed by atoms with Gasteiger partial charge in [-0.1, -0.05) is 19.9 Å². The standard InChI is InChI=1S/C16H22N2O5S/c1-3-18(4-2)24(22,23)13-7-5-6-12(10-13)14(19)17-11-16(8-9-16)15(20)21/h5-7,10H,3-4,8-9,11H2,1-2H3,(H,17,19)(H,20,21). The van der Waals surface area contributed by atoms with Crippen LogP contribution < -0.4 is 5.32 Å². The van der Waals surface area contributed by atoms with Gasteiger partial charge in [0.15, 0.2) is 0 Å². The maximum Gasteiger partial charge on any atom is 0.311 e. The molecule has 0 bridgehead atoms. The Labute approximate surface area is 141 Å². The lowest BCUT2D eigenvalue weighted by atomic mass is 10.1. The lowest BCUT2D eigenvalue weighted by molar-refractivity contribution is -0.143. The van der Waals surface area contributed by atoms with E-state index in [1.54, 1.807) is 13.8 Å². The average molecular weight is 354 g/mol. The Balaban J connectivity index is 2.15. The molecule has 0 atom stereocenters. The van der Waals surface area contributed by atoms with E-state index in [0.717, 1.165) is 0 Å². The van der Waals surface area contributed by atoms with E-state index in [2.05, 4.69) is 5.32 Å². The van der Waals surface area contributed by atoms with E-state index in [4.69, 9.17) is 5.11 Å². The third-order valence-corrected chi connectivity index (χ3v) is 6.38. The second-order valence-corrected chi connectivity index (χ2v) is 7.82. The highest BCUT2D eigenvalue weighted by Gasteiger charge is 2.50. The Bertz CT molecular complexity index is 737. The normalized spacial score (nSPS) is 16.0. The summed E-state index contributed by atoms with van der Waals surface area (Å²) in [6, 6.07) is 5.79. The lowest BCUT2D eigenvalue weighted by Crippen LogP contribution is -2.34. The Kier molecular flexibility index (Phi) is 5.29. The fraction of sp³-hybridized carbons (Fsp3) is 0.500. The molecule has 0 aromatic heterocycles. The molecule has 0 saturated heterocycles. The van der Waals surface area contributed by atoms with Gasteiger partial charge in [0.1, 0.15) is 0 Å². The summed E-state index contributed by atoms with van der Waals surface area (Å²) in [5, 5.41) is 11.7. The van der Waals surface area contributed by atoms with Gasteiger partial charge in [-0.2, -0.15) is 4.31 Å². The largest absolute Gasteiger partial charge is 0.481 e. The van der Waals surface area contributed by atoms with Crippen molar-refractivity contribution in [2.45, 2.75) is 31.6 Å². The van der Waals surface area contributed by atoms with Gasteiger partial charge >= 0.3 is 5.97 Å². The number of amides is 1. The first-order valence-corrected chi connectivity index (χ1v) is 9.32. The molecule has 0 aliphatic heterocycles. The minimum Gasteiger partial charge on any atom is -0.481 e. The maximum absolute atomic E-state index is 12.5. The molecule has 1 aliphatic carbocycles. The first-order chi connectivity index (χ1) is 11.3. The zero-order valence-electron chi connectivity index (χ0n) is 13.8. The van der Waals surface area contributed by atoms with E-state index in [1.807, 2.05) is 0 Å². The zero-order valence-corrected chi connectivity index (χ0v) is 14.6. The topological polar surface area (TPSA) is 104 Å². The third kappa shape index (κ3) is 3.59. The number of nitrogens with one attached hydrogen (secondary N) is 1. The van der Waals surface area contributed by atoms with Gasteiger partial charge in [-0.3, -0.25) is 9.59 Å². The number of rotatable bonds is 8. The van der Waals surface area contributed by atoms with Crippen LogP contribution in [0.5, 0.6) is 0 Å². The molecule has 1 aliphatic rings. The Morgan fingerprint density at radius 3 is 2.38 bits per heavy atom. The summed E-state index contributed by atoms with van der Waals surface area (Å²) < 4.78 is 26.3. The molecule has 1 amide bonds. The van der Waals surface area contributed by atoms with Crippen LogP contribution in [0.3, 0.4) is 0 Å². The zero-order chi connectivity index (χ0) is 18.0. The van der Waals surface area contributed by atoms with Gasteiger partial charge in [0.2, 0.25) is 10.0 Å². The second-order valence-electron chi connectivity index (χ2n) is 5.89. The fourth-order valence-corrected chi connectivity index (χ4v) is 3.98. The summed E-state index contributed by atoms with van der Waals surface area (Å²) in [7, 11) is -3.64. The van der Waals surface area contributed by atoms with Crippen LogP contribution in [0.4, 0.5) is 0 Å². The molecule has 0 unspecified atom stereocenters. The number of carbonyl (C=O) groups excluding carboxylic acids is 1. The Morgan fingerprint density at radius 2 is 1.88 bits per heavy atom. The van der Waals surface area contributed by atoms with Crippen LogP contribution in [0.2, 0.25) is 0 Å². The molecule has 2 rings (SSSR count). The number of benzene rings is 1. The summed E-state index contributed by atoms with van der Waals surface area (Å²) in [6.07, 6.45) is 1.08. The van der Waals surface area contributed by atoms with E-state index in [-0.39, 0.29) is 17.0 Å². The number of nitrogens with zero attached hydrogens (tertiary/aromatic N) is 1. The quantitative estimate of drug-likeness (QED) is 0.732. The number of carboxylic acids is 1. The van der Waals surface area contributed by atoms with Gasteiger partial charge in [-0.25, -0.2) is 8.42 Å². The monoisotopic (exact) mass is 354 g/mol. The van der Waals surface area contributed by atoms with Gasteiger partial charge in [-0.15, -0.1) is 0 Å².